The molecule has 2 aromatic carbocycles. The predicted octanol–water partition coefficient (Wildman–Crippen LogP) is 2.36. The lowest BCUT2D eigenvalue weighted by molar-refractivity contribution is -0.123. The highest BCUT2D eigenvalue weighted by molar-refractivity contribution is 6.02. The van der Waals surface area contributed by atoms with Crippen LogP contribution in [0.25, 0.3) is 0 Å². The van der Waals surface area contributed by atoms with Gasteiger partial charge in [0.15, 0.2) is 18.1 Å². The van der Waals surface area contributed by atoms with Crippen molar-refractivity contribution in [2.75, 3.05) is 33.3 Å². The molecule has 0 unspecified atom stereocenters. The summed E-state index contributed by atoms with van der Waals surface area (Å²) in [5.41, 5.74) is -0.112. The molecule has 9 nitrogen and oxygen atoms in total. The Morgan fingerprint density at radius 2 is 1.55 bits per heavy atom. The summed E-state index contributed by atoms with van der Waals surface area (Å²) in [5.74, 6) is -1.72. The fraction of sp³-hybridized carbons (Fsp3) is 0.211. The van der Waals surface area contributed by atoms with Crippen LogP contribution in [-0.2, 0) is 9.53 Å². The van der Waals surface area contributed by atoms with Gasteiger partial charge in [0.25, 0.3) is 5.91 Å². The number of rotatable bonds is 7. The minimum absolute atomic E-state index is 0.00578. The number of benzene rings is 2. The van der Waals surface area contributed by atoms with Gasteiger partial charge >= 0.3 is 12.0 Å². The van der Waals surface area contributed by atoms with Crippen molar-refractivity contribution in [2.24, 2.45) is 0 Å². The number of urea groups is 1. The maximum absolute atomic E-state index is 13.5. The van der Waals surface area contributed by atoms with Gasteiger partial charge in [0, 0.05) is 12.1 Å². The largest absolute Gasteiger partial charge is 0.496 e. The van der Waals surface area contributed by atoms with Gasteiger partial charge in [-0.15, -0.1) is 0 Å². The lowest BCUT2D eigenvalue weighted by atomic mass is 10.1. The van der Waals surface area contributed by atoms with Crippen LogP contribution < -0.4 is 24.8 Å². The molecule has 3 amide bonds. The highest BCUT2D eigenvalue weighted by Gasteiger charge is 2.20. The topological polar surface area (TPSA) is 112 Å². The van der Waals surface area contributed by atoms with Gasteiger partial charge in [-0.1, -0.05) is 12.1 Å². The number of amides is 3. The van der Waals surface area contributed by atoms with Crippen LogP contribution in [0.2, 0.25) is 0 Å². The predicted molar refractivity (Wildman–Crippen MR) is 99.9 cm³/mol. The van der Waals surface area contributed by atoms with Crippen LogP contribution in [0.1, 0.15) is 10.4 Å². The third-order valence-electron chi connectivity index (χ3n) is 3.63. The van der Waals surface area contributed by atoms with Gasteiger partial charge in [-0.25, -0.2) is 14.0 Å². The van der Waals surface area contributed by atoms with Crippen molar-refractivity contribution in [1.82, 2.24) is 5.32 Å². The number of anilines is 1. The van der Waals surface area contributed by atoms with E-state index >= 15 is 0 Å². The quantitative estimate of drug-likeness (QED) is 0.679. The Kier molecular flexibility index (Phi) is 7.35. The minimum atomic E-state index is -0.972. The number of methoxy groups -OCH3 is 3. The summed E-state index contributed by atoms with van der Waals surface area (Å²) < 4.78 is 33.7. The van der Waals surface area contributed by atoms with Gasteiger partial charge in [0.05, 0.1) is 27.0 Å². The highest BCUT2D eigenvalue weighted by atomic mass is 19.1. The second-order valence-electron chi connectivity index (χ2n) is 5.47. The first kappa shape index (κ1) is 21.5. The molecule has 0 saturated carbocycles. The van der Waals surface area contributed by atoms with E-state index < -0.39 is 30.3 Å². The molecule has 154 valence electrons. The third-order valence-corrected chi connectivity index (χ3v) is 3.63. The van der Waals surface area contributed by atoms with E-state index in [4.69, 9.17) is 18.9 Å². The second-order valence-corrected chi connectivity index (χ2v) is 5.47. The molecule has 0 aliphatic heterocycles. The molecule has 0 aromatic heterocycles. The van der Waals surface area contributed by atoms with Crippen molar-refractivity contribution in [3.8, 4) is 17.2 Å². The summed E-state index contributed by atoms with van der Waals surface area (Å²) in [6, 6.07) is 7.22. The van der Waals surface area contributed by atoms with Crippen molar-refractivity contribution in [3.63, 3.8) is 0 Å². The van der Waals surface area contributed by atoms with Crippen molar-refractivity contribution in [3.05, 3.63) is 47.8 Å². The molecule has 2 aromatic rings. The Labute approximate surface area is 165 Å². The Bertz CT molecular complexity index is 917. The lowest BCUT2D eigenvalue weighted by Gasteiger charge is -2.13. The molecule has 0 spiro atoms. The highest BCUT2D eigenvalue weighted by Crippen LogP contribution is 2.34. The summed E-state index contributed by atoms with van der Waals surface area (Å²) in [7, 11) is 4.16. The van der Waals surface area contributed by atoms with E-state index in [1.54, 1.807) is 0 Å². The minimum Gasteiger partial charge on any atom is -0.496 e. The maximum Gasteiger partial charge on any atom is 0.342 e. The monoisotopic (exact) mass is 406 g/mol. The first-order valence-corrected chi connectivity index (χ1v) is 8.22. The standard InChI is InChI=1S/C19H19FN2O7/c1-26-14-9-16(28-3)15(27-2)8-11(14)18(24)29-10-17(23)22-19(25)21-13-7-5-4-6-12(13)20/h4-9H,10H2,1-3H3,(H2,21,22,23,25). The maximum atomic E-state index is 13.5. The van der Waals surface area contributed by atoms with Crippen LogP contribution in [0.5, 0.6) is 17.2 Å². The Morgan fingerprint density at radius 3 is 2.17 bits per heavy atom. The summed E-state index contributed by atoms with van der Waals surface area (Å²) in [4.78, 5) is 35.9. The Morgan fingerprint density at radius 1 is 0.931 bits per heavy atom. The number of imide groups is 1. The van der Waals surface area contributed by atoms with Crippen LogP contribution in [0.15, 0.2) is 36.4 Å². The van der Waals surface area contributed by atoms with E-state index in [1.807, 2.05) is 5.32 Å². The van der Waals surface area contributed by atoms with E-state index in [0.29, 0.717) is 5.75 Å². The van der Waals surface area contributed by atoms with E-state index in [-0.39, 0.29) is 22.7 Å². The summed E-state index contributed by atoms with van der Waals surface area (Å²) >= 11 is 0. The zero-order valence-electron chi connectivity index (χ0n) is 15.9. The first-order valence-electron chi connectivity index (χ1n) is 8.22. The number of hydrogen-bond donors (Lipinski definition) is 2. The molecule has 10 heteroatoms. The second kappa shape index (κ2) is 9.93. The molecule has 0 saturated heterocycles. The van der Waals surface area contributed by atoms with E-state index in [9.17, 15) is 18.8 Å². The Hall–Kier alpha value is -3.82. The van der Waals surface area contributed by atoms with Crippen LogP contribution in [0, 0.1) is 5.82 Å². The average Bonchev–Trinajstić information content (AvgIpc) is 2.72. The zero-order valence-corrected chi connectivity index (χ0v) is 15.9. The van der Waals surface area contributed by atoms with Gasteiger partial charge in [-0.3, -0.25) is 10.1 Å². The van der Waals surface area contributed by atoms with Crippen molar-refractivity contribution in [2.45, 2.75) is 0 Å². The molecule has 0 radical (unpaired) electrons. The molecule has 0 aliphatic rings. The molecule has 2 N–H and O–H groups in total. The first-order chi connectivity index (χ1) is 13.9. The summed E-state index contributed by atoms with van der Waals surface area (Å²) in [5, 5.41) is 4.09. The average molecular weight is 406 g/mol. The summed E-state index contributed by atoms with van der Waals surface area (Å²) in [6.45, 7) is -0.749. The van der Waals surface area contributed by atoms with Gasteiger partial charge < -0.3 is 24.3 Å². The van der Waals surface area contributed by atoms with Gasteiger partial charge in [0.1, 0.15) is 17.1 Å². The number of nitrogens with one attached hydrogen (secondary N) is 2. The molecule has 0 aliphatic carbocycles. The van der Waals surface area contributed by atoms with E-state index in [0.717, 1.165) is 6.07 Å². The van der Waals surface area contributed by atoms with Gasteiger partial charge in [-0.2, -0.15) is 0 Å². The molecule has 0 atom stereocenters. The van der Waals surface area contributed by atoms with Crippen molar-refractivity contribution >= 4 is 23.6 Å². The summed E-state index contributed by atoms with van der Waals surface area (Å²) in [6.07, 6.45) is 0. The number of hydrogen-bond acceptors (Lipinski definition) is 7. The van der Waals surface area contributed by atoms with Crippen LogP contribution in [0.4, 0.5) is 14.9 Å². The molecular formula is C19H19FN2O7. The normalized spacial score (nSPS) is 9.93. The van der Waals surface area contributed by atoms with Gasteiger partial charge in [0.2, 0.25) is 0 Å². The number of carbonyl (C=O) groups excluding carboxylic acids is 3. The molecule has 0 heterocycles. The van der Waals surface area contributed by atoms with E-state index in [1.165, 1.54) is 51.7 Å². The van der Waals surface area contributed by atoms with Crippen LogP contribution in [-0.4, -0.2) is 45.8 Å². The number of halogens is 1. The molecule has 29 heavy (non-hydrogen) atoms. The SMILES string of the molecule is COc1cc(OC)c(C(=O)OCC(=O)NC(=O)Nc2ccccc2F)cc1OC. The molecule has 2 rings (SSSR count). The van der Waals surface area contributed by atoms with Gasteiger partial charge in [-0.05, 0) is 12.1 Å². The van der Waals surface area contributed by atoms with Crippen molar-refractivity contribution in [1.29, 1.82) is 0 Å². The number of carbonyl (C=O) groups is 3. The van der Waals surface area contributed by atoms with E-state index in [2.05, 4.69) is 5.32 Å². The number of para-hydroxylation sites is 1. The zero-order chi connectivity index (χ0) is 21.4. The number of esters is 1. The molecular weight excluding hydrogens is 387 g/mol. The third kappa shape index (κ3) is 5.58. The van der Waals surface area contributed by atoms with Crippen molar-refractivity contribution < 1.29 is 37.7 Å². The fourth-order valence-corrected chi connectivity index (χ4v) is 2.28. The molecule has 0 bridgehead atoms. The number of ether oxygens (including phenoxy) is 4. The fourth-order valence-electron chi connectivity index (χ4n) is 2.28. The van der Waals surface area contributed by atoms with Crippen LogP contribution in [0.3, 0.4) is 0 Å². The lowest BCUT2D eigenvalue weighted by Crippen LogP contribution is -2.37. The van der Waals surface area contributed by atoms with Crippen LogP contribution >= 0.6 is 0 Å². The Balaban J connectivity index is 1.97. The smallest absolute Gasteiger partial charge is 0.342 e. The molecule has 0 fully saturated rings.